The Morgan fingerprint density at radius 1 is 1.09 bits per heavy atom. The molecule has 2 aromatic rings. The quantitative estimate of drug-likeness (QED) is 0.250. The molecule has 8 nitrogen and oxygen atoms in total. The van der Waals surface area contributed by atoms with Crippen molar-refractivity contribution in [3.63, 3.8) is 0 Å². The highest BCUT2D eigenvalue weighted by Crippen LogP contribution is 2.32. The molecule has 0 fully saturated rings. The first-order valence-corrected chi connectivity index (χ1v) is 10.5. The van der Waals surface area contributed by atoms with Crippen LogP contribution in [0.3, 0.4) is 0 Å². The molecule has 2 aromatic carbocycles. The smallest absolute Gasteiger partial charge is 0.241 e. The molecule has 1 aliphatic heterocycles. The topological polar surface area (TPSA) is 93.2 Å². The minimum absolute atomic E-state index is 0. The Morgan fingerprint density at radius 2 is 1.84 bits per heavy atom. The first-order valence-electron chi connectivity index (χ1n) is 10.5. The number of carbonyl (C=O) groups excluding carboxylic acids is 1. The van der Waals surface area contributed by atoms with Gasteiger partial charge >= 0.3 is 0 Å². The molecular formula is C23H31IN4O4. The Balaban J connectivity index is 0.00000363. The number of nitrogens with zero attached hydrogens (tertiary/aromatic N) is 1. The molecule has 0 radical (unpaired) electrons. The zero-order valence-corrected chi connectivity index (χ0v) is 21.0. The van der Waals surface area contributed by atoms with Crippen molar-refractivity contribution < 1.29 is 19.0 Å². The number of anilines is 1. The van der Waals surface area contributed by atoms with E-state index in [1.807, 2.05) is 63.2 Å². The number of guanidine groups is 1. The van der Waals surface area contributed by atoms with Crippen LogP contribution in [0.4, 0.5) is 5.69 Å². The van der Waals surface area contributed by atoms with Gasteiger partial charge in [0.05, 0.1) is 6.10 Å². The molecule has 3 N–H and O–H groups in total. The van der Waals surface area contributed by atoms with E-state index in [2.05, 4.69) is 20.9 Å². The van der Waals surface area contributed by atoms with E-state index in [1.54, 1.807) is 0 Å². The van der Waals surface area contributed by atoms with Crippen LogP contribution in [-0.4, -0.2) is 44.4 Å². The van der Waals surface area contributed by atoms with E-state index < -0.39 is 0 Å². The van der Waals surface area contributed by atoms with Gasteiger partial charge < -0.3 is 30.2 Å². The second kappa shape index (κ2) is 13.0. The molecule has 174 valence electrons. The number of aliphatic imine (C=N–C) groups is 1. The van der Waals surface area contributed by atoms with Gasteiger partial charge in [-0.2, -0.15) is 0 Å². The first kappa shape index (κ1) is 25.6. The highest BCUT2D eigenvalue weighted by Gasteiger charge is 2.13. The molecule has 1 amide bonds. The van der Waals surface area contributed by atoms with Crippen LogP contribution in [0.5, 0.6) is 17.2 Å². The number of hydrogen-bond acceptors (Lipinski definition) is 5. The number of amides is 1. The number of hydrogen-bond donors (Lipinski definition) is 3. The third kappa shape index (κ3) is 8.10. The van der Waals surface area contributed by atoms with Crippen LogP contribution in [-0.2, 0) is 11.2 Å². The van der Waals surface area contributed by atoms with Gasteiger partial charge in [0.2, 0.25) is 12.7 Å². The average molecular weight is 554 g/mol. The zero-order valence-electron chi connectivity index (χ0n) is 18.6. The van der Waals surface area contributed by atoms with Gasteiger partial charge in [0.25, 0.3) is 0 Å². The van der Waals surface area contributed by atoms with Crippen LogP contribution in [0.2, 0.25) is 0 Å². The molecule has 0 aliphatic carbocycles. The number of ether oxygens (including phenoxy) is 3. The monoisotopic (exact) mass is 554 g/mol. The lowest BCUT2D eigenvalue weighted by molar-refractivity contribution is -0.119. The second-order valence-electron chi connectivity index (χ2n) is 7.30. The first-order chi connectivity index (χ1) is 15.0. The van der Waals surface area contributed by atoms with Gasteiger partial charge in [0.1, 0.15) is 12.3 Å². The minimum atomic E-state index is -0.125. The van der Waals surface area contributed by atoms with Crippen LogP contribution < -0.4 is 30.2 Å². The van der Waals surface area contributed by atoms with Gasteiger partial charge in [-0.15, -0.1) is 24.0 Å². The fraction of sp³-hybridized carbons (Fsp3) is 0.391. The van der Waals surface area contributed by atoms with Crippen molar-refractivity contribution >= 4 is 41.5 Å². The van der Waals surface area contributed by atoms with Gasteiger partial charge in [0, 0.05) is 18.8 Å². The van der Waals surface area contributed by atoms with E-state index in [9.17, 15) is 4.79 Å². The number of carbonyl (C=O) groups is 1. The van der Waals surface area contributed by atoms with Crippen LogP contribution in [0.15, 0.2) is 47.5 Å². The van der Waals surface area contributed by atoms with Crippen LogP contribution in [0.1, 0.15) is 26.3 Å². The van der Waals surface area contributed by atoms with E-state index in [0.717, 1.165) is 34.9 Å². The predicted octanol–water partition coefficient (Wildman–Crippen LogP) is 3.56. The summed E-state index contributed by atoms with van der Waals surface area (Å²) in [6, 6.07) is 13.5. The third-order valence-corrected chi connectivity index (χ3v) is 4.39. The molecule has 3 rings (SSSR count). The highest BCUT2D eigenvalue weighted by molar-refractivity contribution is 14.0. The van der Waals surface area contributed by atoms with Crippen molar-refractivity contribution in [1.29, 1.82) is 0 Å². The molecule has 0 aromatic heterocycles. The summed E-state index contributed by atoms with van der Waals surface area (Å²) >= 11 is 0. The Bertz CT molecular complexity index is 903. The molecule has 0 unspecified atom stereocenters. The fourth-order valence-corrected chi connectivity index (χ4v) is 2.99. The maximum absolute atomic E-state index is 11.8. The molecule has 0 spiro atoms. The van der Waals surface area contributed by atoms with Gasteiger partial charge in [0.15, 0.2) is 17.5 Å². The second-order valence-corrected chi connectivity index (χ2v) is 7.30. The summed E-state index contributed by atoms with van der Waals surface area (Å²) in [4.78, 5) is 16.2. The predicted molar refractivity (Wildman–Crippen MR) is 137 cm³/mol. The van der Waals surface area contributed by atoms with Crippen LogP contribution >= 0.6 is 24.0 Å². The van der Waals surface area contributed by atoms with Crippen molar-refractivity contribution in [3.05, 3.63) is 48.0 Å². The minimum Gasteiger partial charge on any atom is -0.491 e. The summed E-state index contributed by atoms with van der Waals surface area (Å²) in [6.45, 7) is 7.37. The number of nitrogens with one attached hydrogen (secondary N) is 3. The SMILES string of the molecule is CCNC(=O)CN=C(NCCc1ccc2c(c1)OCO2)Nc1ccc(OC(C)C)cc1.I. The standard InChI is InChI=1S/C23H30N4O4.HI/c1-4-24-22(28)14-26-23(27-18-6-8-19(9-7-18)31-16(2)3)25-12-11-17-5-10-20-21(13-17)30-15-29-20;/h5-10,13,16H,4,11-12,14-15H2,1-3H3,(H,24,28)(H2,25,26,27);1H. The van der Waals surface area contributed by atoms with Gasteiger partial charge in [-0.25, -0.2) is 4.99 Å². The molecule has 32 heavy (non-hydrogen) atoms. The molecule has 1 heterocycles. The fourth-order valence-electron chi connectivity index (χ4n) is 2.99. The maximum atomic E-state index is 11.8. The van der Waals surface area contributed by atoms with Gasteiger partial charge in [-0.1, -0.05) is 6.07 Å². The van der Waals surface area contributed by atoms with E-state index in [-0.39, 0.29) is 49.3 Å². The summed E-state index contributed by atoms with van der Waals surface area (Å²) in [5.74, 6) is 2.75. The lowest BCUT2D eigenvalue weighted by Gasteiger charge is -2.14. The van der Waals surface area contributed by atoms with E-state index in [0.29, 0.717) is 19.0 Å². The average Bonchev–Trinajstić information content (AvgIpc) is 3.21. The molecule has 0 atom stereocenters. The summed E-state index contributed by atoms with van der Waals surface area (Å²) in [6.07, 6.45) is 0.880. The van der Waals surface area contributed by atoms with Crippen LogP contribution in [0, 0.1) is 0 Å². The van der Waals surface area contributed by atoms with Gasteiger partial charge in [-0.05, 0) is 69.2 Å². The number of halogens is 1. The molecule has 1 aliphatic rings. The molecule has 0 saturated carbocycles. The Labute approximate surface area is 206 Å². The molecule has 9 heteroatoms. The summed E-state index contributed by atoms with van der Waals surface area (Å²) < 4.78 is 16.5. The van der Waals surface area contributed by atoms with Crippen molar-refractivity contribution in [1.82, 2.24) is 10.6 Å². The van der Waals surface area contributed by atoms with Crippen molar-refractivity contribution in [2.45, 2.75) is 33.3 Å². The third-order valence-electron chi connectivity index (χ3n) is 4.39. The van der Waals surface area contributed by atoms with E-state index in [1.165, 1.54) is 0 Å². The van der Waals surface area contributed by atoms with Gasteiger partial charge in [-0.3, -0.25) is 4.79 Å². The highest BCUT2D eigenvalue weighted by atomic mass is 127. The number of fused-ring (bicyclic) bond motifs is 1. The lowest BCUT2D eigenvalue weighted by Crippen LogP contribution is -2.34. The maximum Gasteiger partial charge on any atom is 0.241 e. The molecular weight excluding hydrogens is 523 g/mol. The number of likely N-dealkylation sites (N-methyl/N-ethyl adjacent to an activating group) is 1. The lowest BCUT2D eigenvalue weighted by atomic mass is 10.1. The number of rotatable bonds is 9. The Morgan fingerprint density at radius 3 is 2.56 bits per heavy atom. The van der Waals surface area contributed by atoms with Crippen LogP contribution in [0.25, 0.3) is 0 Å². The summed E-state index contributed by atoms with van der Waals surface area (Å²) in [7, 11) is 0. The van der Waals surface area contributed by atoms with Crippen molar-refractivity contribution in [2.24, 2.45) is 4.99 Å². The summed E-state index contributed by atoms with van der Waals surface area (Å²) in [5, 5.41) is 9.28. The molecule has 0 saturated heterocycles. The molecule has 0 bridgehead atoms. The van der Waals surface area contributed by atoms with Crippen molar-refractivity contribution in [2.75, 3.05) is 31.7 Å². The Kier molecular flexibility index (Phi) is 10.4. The Hall–Kier alpha value is -2.69. The number of benzene rings is 2. The zero-order chi connectivity index (χ0) is 22.1. The largest absolute Gasteiger partial charge is 0.491 e. The van der Waals surface area contributed by atoms with E-state index in [4.69, 9.17) is 14.2 Å². The summed E-state index contributed by atoms with van der Waals surface area (Å²) in [5.41, 5.74) is 1.97. The normalized spacial score (nSPS) is 12.2. The van der Waals surface area contributed by atoms with E-state index >= 15 is 0 Å². The van der Waals surface area contributed by atoms with Crippen molar-refractivity contribution in [3.8, 4) is 17.2 Å².